The Hall–Kier alpha value is -1.84. The Labute approximate surface area is 131 Å². The summed E-state index contributed by atoms with van der Waals surface area (Å²) in [6.45, 7) is 5.24. The summed E-state index contributed by atoms with van der Waals surface area (Å²) in [4.78, 5) is 19.4. The van der Waals surface area contributed by atoms with Crippen LogP contribution in [-0.4, -0.2) is 28.4 Å². The van der Waals surface area contributed by atoms with E-state index in [0.717, 1.165) is 48.1 Å². The molecule has 1 fully saturated rings. The summed E-state index contributed by atoms with van der Waals surface area (Å²) in [5.74, 6) is 2.21. The van der Waals surface area contributed by atoms with Crippen LogP contribution in [0.1, 0.15) is 49.4 Å². The van der Waals surface area contributed by atoms with E-state index in [1.807, 2.05) is 18.2 Å². The van der Waals surface area contributed by atoms with Crippen molar-refractivity contribution in [3.05, 3.63) is 23.8 Å². The first-order valence-electron chi connectivity index (χ1n) is 8.55. The number of ketones is 1. The molecule has 4 heteroatoms. The smallest absolute Gasteiger partial charge is 0.206 e. The zero-order chi connectivity index (χ0) is 15.1. The SMILES string of the molecule is CCCC1CCN(c2nc3cccc4c3n2CCC4=O)CC1. The standard InChI is InChI=1S/C18H23N3O/c1-2-4-13-7-10-20(11-8-13)18-19-15-6-3-5-14-16(22)9-12-21(18)17(14)15/h3,5-6,13H,2,4,7-12H2,1H3. The second-order valence-corrected chi connectivity index (χ2v) is 6.63. The third kappa shape index (κ3) is 2.13. The van der Waals surface area contributed by atoms with Crippen LogP contribution in [0.4, 0.5) is 5.95 Å². The highest BCUT2D eigenvalue weighted by molar-refractivity contribution is 6.08. The monoisotopic (exact) mass is 297 g/mol. The van der Waals surface area contributed by atoms with E-state index in [0.29, 0.717) is 6.42 Å². The third-order valence-electron chi connectivity index (χ3n) is 5.20. The van der Waals surface area contributed by atoms with Crippen molar-refractivity contribution in [2.45, 2.75) is 45.6 Å². The van der Waals surface area contributed by atoms with Crippen LogP contribution in [0.2, 0.25) is 0 Å². The van der Waals surface area contributed by atoms with Gasteiger partial charge in [-0.05, 0) is 30.9 Å². The summed E-state index contributed by atoms with van der Waals surface area (Å²) in [6.07, 6.45) is 5.77. The Balaban J connectivity index is 1.68. The number of imidazole rings is 1. The average Bonchev–Trinajstić information content (AvgIpc) is 2.92. The number of benzene rings is 1. The van der Waals surface area contributed by atoms with Crippen molar-refractivity contribution in [2.75, 3.05) is 18.0 Å². The number of anilines is 1. The quantitative estimate of drug-likeness (QED) is 0.868. The minimum atomic E-state index is 0.256. The highest BCUT2D eigenvalue weighted by Gasteiger charge is 2.27. The Morgan fingerprint density at radius 1 is 1.23 bits per heavy atom. The van der Waals surface area contributed by atoms with Gasteiger partial charge in [-0.3, -0.25) is 4.79 Å². The van der Waals surface area contributed by atoms with Crippen molar-refractivity contribution in [2.24, 2.45) is 5.92 Å². The number of carbonyl (C=O) groups is 1. The molecule has 0 radical (unpaired) electrons. The maximum absolute atomic E-state index is 12.1. The lowest BCUT2D eigenvalue weighted by atomic mass is 9.93. The van der Waals surface area contributed by atoms with Gasteiger partial charge >= 0.3 is 0 Å². The molecule has 0 unspecified atom stereocenters. The van der Waals surface area contributed by atoms with E-state index in [2.05, 4.69) is 16.4 Å². The molecule has 0 spiro atoms. The van der Waals surface area contributed by atoms with E-state index in [-0.39, 0.29) is 5.78 Å². The number of carbonyl (C=O) groups excluding carboxylic acids is 1. The molecule has 2 aromatic rings. The Kier molecular flexibility index (Phi) is 3.40. The number of aryl methyl sites for hydroxylation is 1. The molecule has 0 saturated carbocycles. The number of para-hydroxylation sites is 1. The number of aromatic nitrogens is 2. The van der Waals surface area contributed by atoms with Crippen LogP contribution in [0.5, 0.6) is 0 Å². The molecular weight excluding hydrogens is 274 g/mol. The number of hydrogen-bond donors (Lipinski definition) is 0. The van der Waals surface area contributed by atoms with Gasteiger partial charge in [0.1, 0.15) is 0 Å². The van der Waals surface area contributed by atoms with Crippen LogP contribution in [0, 0.1) is 5.92 Å². The molecule has 0 N–H and O–H groups in total. The number of nitrogens with zero attached hydrogens (tertiary/aromatic N) is 3. The Morgan fingerprint density at radius 3 is 2.82 bits per heavy atom. The summed E-state index contributed by atoms with van der Waals surface area (Å²) in [7, 11) is 0. The summed E-state index contributed by atoms with van der Waals surface area (Å²) in [5, 5.41) is 0. The first-order valence-corrected chi connectivity index (χ1v) is 8.55. The number of piperidine rings is 1. The van der Waals surface area contributed by atoms with Gasteiger partial charge in [-0.15, -0.1) is 0 Å². The molecule has 116 valence electrons. The molecule has 1 saturated heterocycles. The molecule has 4 rings (SSSR count). The Bertz CT molecular complexity index is 710. The summed E-state index contributed by atoms with van der Waals surface area (Å²) < 4.78 is 2.27. The maximum Gasteiger partial charge on any atom is 0.206 e. The lowest BCUT2D eigenvalue weighted by Crippen LogP contribution is -2.36. The fourth-order valence-electron chi connectivity index (χ4n) is 4.03. The number of rotatable bonds is 3. The lowest BCUT2D eigenvalue weighted by Gasteiger charge is -2.33. The zero-order valence-electron chi connectivity index (χ0n) is 13.2. The van der Waals surface area contributed by atoms with Crippen molar-refractivity contribution in [1.82, 2.24) is 9.55 Å². The number of hydrogen-bond acceptors (Lipinski definition) is 3. The van der Waals surface area contributed by atoms with Crippen molar-refractivity contribution in [3.8, 4) is 0 Å². The molecule has 22 heavy (non-hydrogen) atoms. The highest BCUT2D eigenvalue weighted by Crippen LogP contribution is 2.32. The molecule has 0 atom stereocenters. The normalized spacial score (nSPS) is 19.1. The Morgan fingerprint density at radius 2 is 2.05 bits per heavy atom. The van der Waals surface area contributed by atoms with Crippen LogP contribution >= 0.6 is 0 Å². The first kappa shape index (κ1) is 13.8. The molecule has 2 aliphatic rings. The largest absolute Gasteiger partial charge is 0.342 e. The molecule has 3 heterocycles. The van der Waals surface area contributed by atoms with Crippen LogP contribution in [-0.2, 0) is 6.54 Å². The van der Waals surface area contributed by atoms with Crippen LogP contribution in [0.3, 0.4) is 0 Å². The van der Waals surface area contributed by atoms with E-state index < -0.39 is 0 Å². The van der Waals surface area contributed by atoms with Gasteiger partial charge in [-0.2, -0.15) is 0 Å². The molecule has 1 aromatic heterocycles. The molecule has 2 aliphatic heterocycles. The minimum absolute atomic E-state index is 0.256. The van der Waals surface area contributed by atoms with Gasteiger partial charge in [0.2, 0.25) is 5.95 Å². The van der Waals surface area contributed by atoms with Gasteiger partial charge in [-0.25, -0.2) is 4.98 Å². The van der Waals surface area contributed by atoms with Crippen molar-refractivity contribution in [1.29, 1.82) is 0 Å². The fourth-order valence-corrected chi connectivity index (χ4v) is 4.03. The van der Waals surface area contributed by atoms with Crippen LogP contribution < -0.4 is 4.90 Å². The number of Topliss-reactive ketones (excluding diaryl/α,β-unsaturated/α-hetero) is 1. The van der Waals surface area contributed by atoms with Crippen LogP contribution in [0.25, 0.3) is 11.0 Å². The van der Waals surface area contributed by atoms with Crippen molar-refractivity contribution in [3.63, 3.8) is 0 Å². The third-order valence-corrected chi connectivity index (χ3v) is 5.20. The van der Waals surface area contributed by atoms with Gasteiger partial charge in [0, 0.05) is 31.6 Å². The zero-order valence-corrected chi connectivity index (χ0v) is 13.2. The molecule has 0 bridgehead atoms. The second kappa shape index (κ2) is 5.41. The molecule has 1 aromatic carbocycles. The van der Waals surface area contributed by atoms with Gasteiger partial charge < -0.3 is 9.47 Å². The van der Waals surface area contributed by atoms with Crippen molar-refractivity contribution >= 4 is 22.8 Å². The molecule has 0 aliphatic carbocycles. The van der Waals surface area contributed by atoms with E-state index in [1.165, 1.54) is 25.7 Å². The summed E-state index contributed by atoms with van der Waals surface area (Å²) >= 11 is 0. The predicted octanol–water partition coefficient (Wildman–Crippen LogP) is 3.64. The van der Waals surface area contributed by atoms with Gasteiger partial charge in [0.15, 0.2) is 5.78 Å². The van der Waals surface area contributed by atoms with E-state index in [9.17, 15) is 4.79 Å². The summed E-state index contributed by atoms with van der Waals surface area (Å²) in [6, 6.07) is 5.93. The predicted molar refractivity (Wildman–Crippen MR) is 88.5 cm³/mol. The van der Waals surface area contributed by atoms with E-state index in [1.54, 1.807) is 0 Å². The van der Waals surface area contributed by atoms with Gasteiger partial charge in [-0.1, -0.05) is 25.8 Å². The maximum atomic E-state index is 12.1. The fraction of sp³-hybridized carbons (Fsp3) is 0.556. The molecular formula is C18H23N3O. The first-order chi connectivity index (χ1) is 10.8. The van der Waals surface area contributed by atoms with E-state index >= 15 is 0 Å². The van der Waals surface area contributed by atoms with Crippen molar-refractivity contribution < 1.29 is 4.79 Å². The van der Waals surface area contributed by atoms with E-state index in [4.69, 9.17) is 4.98 Å². The lowest BCUT2D eigenvalue weighted by molar-refractivity contribution is 0.0973. The van der Waals surface area contributed by atoms with Gasteiger partial charge in [0.05, 0.1) is 11.0 Å². The molecule has 0 amide bonds. The second-order valence-electron chi connectivity index (χ2n) is 6.63. The average molecular weight is 297 g/mol. The summed E-state index contributed by atoms with van der Waals surface area (Å²) in [5.41, 5.74) is 2.86. The molecule has 4 nitrogen and oxygen atoms in total. The minimum Gasteiger partial charge on any atom is -0.342 e. The topological polar surface area (TPSA) is 38.1 Å². The van der Waals surface area contributed by atoms with Crippen LogP contribution in [0.15, 0.2) is 18.2 Å². The van der Waals surface area contributed by atoms with Gasteiger partial charge in [0.25, 0.3) is 0 Å². The highest BCUT2D eigenvalue weighted by atomic mass is 16.1.